The van der Waals surface area contributed by atoms with Gasteiger partial charge in [-0.1, -0.05) is 37.3 Å². The number of benzene rings is 1. The molecule has 1 atom stereocenters. The second-order valence-corrected chi connectivity index (χ2v) is 5.91. The van der Waals surface area contributed by atoms with Crippen molar-refractivity contribution in [1.82, 2.24) is 9.88 Å². The average Bonchev–Trinajstić information content (AvgIpc) is 2.87. The van der Waals surface area contributed by atoms with Gasteiger partial charge >= 0.3 is 5.97 Å². The number of nitrogens with one attached hydrogen (secondary N) is 1. The van der Waals surface area contributed by atoms with Gasteiger partial charge in [-0.15, -0.1) is 0 Å². The Morgan fingerprint density at radius 2 is 1.79 bits per heavy atom. The molecule has 1 aromatic carbocycles. The Balaban J connectivity index is 2.44. The van der Waals surface area contributed by atoms with E-state index in [1.807, 2.05) is 31.4 Å². The van der Waals surface area contributed by atoms with Crippen LogP contribution in [0.1, 0.15) is 47.6 Å². The number of carboxylic acids is 1. The number of carbonyl (C=O) groups excluding carboxylic acids is 1. The van der Waals surface area contributed by atoms with E-state index in [0.29, 0.717) is 11.1 Å². The summed E-state index contributed by atoms with van der Waals surface area (Å²) in [5, 5.41) is 12.6. The quantitative estimate of drug-likeness (QED) is 0.855. The Bertz CT molecular complexity index is 749. The smallest absolute Gasteiger partial charge is 0.334 e. The van der Waals surface area contributed by atoms with Crippen molar-refractivity contribution in [2.45, 2.75) is 46.2 Å². The maximum absolute atomic E-state index is 12.8. The van der Waals surface area contributed by atoms with E-state index in [-0.39, 0.29) is 12.3 Å². The molecule has 2 N–H and O–H groups in total. The summed E-state index contributed by atoms with van der Waals surface area (Å²) in [4.78, 5) is 24.8. The molecule has 2 aromatic rings. The van der Waals surface area contributed by atoms with E-state index >= 15 is 0 Å². The molecular formula is C19H24N2O3. The fraction of sp³-hybridized carbons (Fsp3) is 0.368. The van der Waals surface area contributed by atoms with Gasteiger partial charge < -0.3 is 15.0 Å². The highest BCUT2D eigenvalue weighted by molar-refractivity contribution is 5.99. The molecule has 1 unspecified atom stereocenters. The van der Waals surface area contributed by atoms with Gasteiger partial charge in [0.05, 0.1) is 5.56 Å². The van der Waals surface area contributed by atoms with E-state index in [0.717, 1.165) is 17.9 Å². The number of aromatic nitrogens is 1. The highest BCUT2D eigenvalue weighted by Crippen LogP contribution is 2.27. The molecule has 0 aliphatic heterocycles. The van der Waals surface area contributed by atoms with Crippen molar-refractivity contribution in [3.8, 4) is 0 Å². The van der Waals surface area contributed by atoms with Crippen LogP contribution in [0.2, 0.25) is 0 Å². The molecule has 1 heterocycles. The third-order valence-corrected chi connectivity index (χ3v) is 4.62. The number of aryl methyl sites for hydroxylation is 1. The molecule has 0 saturated heterocycles. The average molecular weight is 328 g/mol. The summed E-state index contributed by atoms with van der Waals surface area (Å²) >= 11 is 0. The van der Waals surface area contributed by atoms with E-state index < -0.39 is 11.5 Å². The van der Waals surface area contributed by atoms with Crippen LogP contribution in [0, 0.1) is 13.8 Å². The Morgan fingerprint density at radius 1 is 1.17 bits per heavy atom. The Hall–Kier alpha value is -2.56. The predicted octanol–water partition coefficient (Wildman–Crippen LogP) is 3.24. The zero-order valence-electron chi connectivity index (χ0n) is 14.6. The van der Waals surface area contributed by atoms with Gasteiger partial charge in [-0.2, -0.15) is 0 Å². The number of amides is 1. The third kappa shape index (κ3) is 2.94. The van der Waals surface area contributed by atoms with Crippen molar-refractivity contribution in [3.05, 3.63) is 58.9 Å². The van der Waals surface area contributed by atoms with E-state index in [1.54, 1.807) is 37.3 Å². The van der Waals surface area contributed by atoms with Crippen LogP contribution in [0.4, 0.5) is 0 Å². The molecule has 0 saturated carbocycles. The number of hydrogen-bond donors (Lipinski definition) is 2. The zero-order chi connectivity index (χ0) is 17.9. The van der Waals surface area contributed by atoms with Gasteiger partial charge in [0.1, 0.15) is 0 Å². The van der Waals surface area contributed by atoms with Gasteiger partial charge in [0.2, 0.25) is 0 Å². The summed E-state index contributed by atoms with van der Waals surface area (Å²) < 4.78 is 2.03. The van der Waals surface area contributed by atoms with Crippen LogP contribution >= 0.6 is 0 Å². The van der Waals surface area contributed by atoms with Crippen LogP contribution in [-0.2, 0) is 16.9 Å². The molecule has 128 valence electrons. The fourth-order valence-electron chi connectivity index (χ4n) is 3.19. The lowest BCUT2D eigenvalue weighted by Crippen LogP contribution is -2.51. The van der Waals surface area contributed by atoms with Gasteiger partial charge in [-0.05, 0) is 38.8 Å². The number of hydrogen-bond acceptors (Lipinski definition) is 2. The first-order valence-corrected chi connectivity index (χ1v) is 8.15. The van der Waals surface area contributed by atoms with Gasteiger partial charge in [-0.25, -0.2) is 4.79 Å². The molecule has 0 aliphatic rings. The highest BCUT2D eigenvalue weighted by Gasteiger charge is 2.40. The normalized spacial score (nSPS) is 13.3. The van der Waals surface area contributed by atoms with Crippen molar-refractivity contribution in [2.24, 2.45) is 0 Å². The molecule has 24 heavy (non-hydrogen) atoms. The van der Waals surface area contributed by atoms with Crippen molar-refractivity contribution >= 4 is 11.9 Å². The van der Waals surface area contributed by atoms with E-state index in [9.17, 15) is 14.7 Å². The second-order valence-electron chi connectivity index (χ2n) is 5.91. The summed E-state index contributed by atoms with van der Waals surface area (Å²) in [5.41, 5.74) is 1.47. The molecule has 0 bridgehead atoms. The minimum atomic E-state index is -1.44. The van der Waals surface area contributed by atoms with Gasteiger partial charge in [-0.3, -0.25) is 4.79 Å². The summed E-state index contributed by atoms with van der Waals surface area (Å²) in [5.74, 6) is -1.43. The molecule has 0 fully saturated rings. The Labute approximate surface area is 142 Å². The maximum atomic E-state index is 12.8. The first-order valence-electron chi connectivity index (χ1n) is 8.15. The Morgan fingerprint density at radius 3 is 2.25 bits per heavy atom. The van der Waals surface area contributed by atoms with E-state index in [1.165, 1.54) is 0 Å². The molecule has 0 aliphatic carbocycles. The molecule has 0 radical (unpaired) electrons. The van der Waals surface area contributed by atoms with Crippen LogP contribution in [-0.4, -0.2) is 21.6 Å². The zero-order valence-corrected chi connectivity index (χ0v) is 14.6. The largest absolute Gasteiger partial charge is 0.479 e. The lowest BCUT2D eigenvalue weighted by Gasteiger charge is -2.30. The minimum Gasteiger partial charge on any atom is -0.479 e. The predicted molar refractivity (Wildman–Crippen MR) is 93.1 cm³/mol. The topological polar surface area (TPSA) is 71.3 Å². The van der Waals surface area contributed by atoms with Crippen molar-refractivity contribution in [3.63, 3.8) is 0 Å². The van der Waals surface area contributed by atoms with E-state index in [2.05, 4.69) is 5.32 Å². The van der Waals surface area contributed by atoms with Crippen LogP contribution in [0.3, 0.4) is 0 Å². The molecule has 1 aromatic heterocycles. The molecular weight excluding hydrogens is 304 g/mol. The summed E-state index contributed by atoms with van der Waals surface area (Å²) in [6.07, 6.45) is 0.255. The SMILES string of the molecule is CCn1c(C)cc(C(=O)NC(CC)(C(=O)O)c2ccccc2)c1C. The van der Waals surface area contributed by atoms with Crippen molar-refractivity contribution in [1.29, 1.82) is 0 Å². The van der Waals surface area contributed by atoms with Crippen LogP contribution < -0.4 is 5.32 Å². The number of nitrogens with zero attached hydrogens (tertiary/aromatic N) is 1. The number of aliphatic carboxylic acids is 1. The van der Waals surface area contributed by atoms with Crippen LogP contribution in [0.15, 0.2) is 36.4 Å². The highest BCUT2D eigenvalue weighted by atomic mass is 16.4. The van der Waals surface area contributed by atoms with Crippen molar-refractivity contribution < 1.29 is 14.7 Å². The van der Waals surface area contributed by atoms with Gasteiger partial charge in [0.25, 0.3) is 5.91 Å². The lowest BCUT2D eigenvalue weighted by molar-refractivity contribution is -0.145. The molecule has 1 amide bonds. The molecule has 5 nitrogen and oxygen atoms in total. The Kier molecular flexibility index (Phi) is 5.12. The lowest BCUT2D eigenvalue weighted by atomic mass is 9.87. The number of carbonyl (C=O) groups is 2. The minimum absolute atomic E-state index is 0.255. The first kappa shape index (κ1) is 17.8. The number of carboxylic acid groups (broad SMARTS) is 1. The summed E-state index contributed by atoms with van der Waals surface area (Å²) in [7, 11) is 0. The summed E-state index contributed by atoms with van der Waals surface area (Å²) in [6.45, 7) is 8.36. The van der Waals surface area contributed by atoms with Crippen LogP contribution in [0.25, 0.3) is 0 Å². The van der Waals surface area contributed by atoms with Crippen LogP contribution in [0.5, 0.6) is 0 Å². The molecule has 5 heteroatoms. The van der Waals surface area contributed by atoms with Crippen molar-refractivity contribution in [2.75, 3.05) is 0 Å². The standard InChI is InChI=1S/C19H24N2O3/c1-5-19(18(23)24,15-10-8-7-9-11-15)20-17(22)16-12-13(3)21(6-2)14(16)4/h7-12H,5-6H2,1-4H3,(H,20,22)(H,23,24). The maximum Gasteiger partial charge on any atom is 0.334 e. The first-order chi connectivity index (χ1) is 11.4. The monoisotopic (exact) mass is 328 g/mol. The molecule has 2 rings (SSSR count). The third-order valence-electron chi connectivity index (χ3n) is 4.62. The second kappa shape index (κ2) is 6.91. The van der Waals surface area contributed by atoms with E-state index in [4.69, 9.17) is 0 Å². The fourth-order valence-corrected chi connectivity index (χ4v) is 3.19. The van der Waals surface area contributed by atoms with Gasteiger partial charge in [0, 0.05) is 17.9 Å². The van der Waals surface area contributed by atoms with Gasteiger partial charge in [0.15, 0.2) is 5.54 Å². The molecule has 0 spiro atoms. The number of rotatable bonds is 6. The summed E-state index contributed by atoms with van der Waals surface area (Å²) in [6, 6.07) is 10.6.